The lowest BCUT2D eigenvalue weighted by atomic mass is 9.45. The molecular weight excluding hydrogens is 500 g/mol. The van der Waals surface area contributed by atoms with Crippen molar-refractivity contribution >= 4 is 45.1 Å². The van der Waals surface area contributed by atoms with Crippen molar-refractivity contribution in [3.63, 3.8) is 0 Å². The van der Waals surface area contributed by atoms with Gasteiger partial charge in [-0.25, -0.2) is 0 Å². The van der Waals surface area contributed by atoms with Crippen molar-refractivity contribution in [3.8, 4) is 0 Å². The fraction of sp³-hybridized carbons (Fsp3) is 0.708. The van der Waals surface area contributed by atoms with Gasteiger partial charge < -0.3 is 14.9 Å². The molecule has 0 aliphatic heterocycles. The highest BCUT2D eigenvalue weighted by Gasteiger charge is 2.75. The number of carbonyl (C=O) groups is 3. The van der Waals surface area contributed by atoms with Crippen LogP contribution in [0, 0.1) is 28.6 Å². The maximum atomic E-state index is 13.2. The third-order valence-electron chi connectivity index (χ3n) is 9.03. The number of aliphatic hydroxyl groups excluding tert-OH is 1. The second-order valence-electron chi connectivity index (χ2n) is 10.5. The number of aliphatic hydroxyl groups is 2. The molecule has 4 aliphatic rings. The van der Waals surface area contributed by atoms with E-state index >= 15 is 0 Å². The normalized spacial score (nSPS) is 49.6. The molecule has 32 heavy (non-hydrogen) atoms. The smallest absolute Gasteiger partial charge is 0.303 e. The molecule has 0 amide bonds. The zero-order valence-electron chi connectivity index (χ0n) is 18.7. The van der Waals surface area contributed by atoms with Crippen molar-refractivity contribution in [2.75, 3.05) is 6.61 Å². The number of esters is 1. The third-order valence-corrected chi connectivity index (χ3v) is 10.8. The number of carbonyl (C=O) groups excluding carboxylic acids is 3. The standard InChI is InChI=1S/C24H30BrClO6/c1-12-7-16-20-17(25)9-14-8-15(28)5-6-21(14,3)23(20,26)18(29)10-22(16,4)24(12,31)19(30)11-32-13(2)27/h5-6,8,12,16-18,20,29,31H,7,9-11H2,1-4H3/t12-,16+,17-,18+,20-,21+,22+,23-,24+/m1/s1. The SMILES string of the molecule is CC(=O)OCC(=O)[C@@]1(O)[C@H](C)C[C@H]2[C@@H]3[C@H](Br)CC4=CC(=O)C=C[C@]4(C)[C@@]3(Cl)[C@@H](O)C[C@@]21C. The number of hydrogen-bond donors (Lipinski definition) is 2. The number of ketones is 2. The Kier molecular flexibility index (Phi) is 5.64. The minimum Gasteiger partial charge on any atom is -0.458 e. The Morgan fingerprint density at radius 1 is 1.34 bits per heavy atom. The predicted octanol–water partition coefficient (Wildman–Crippen LogP) is 3.11. The van der Waals surface area contributed by atoms with Crippen LogP contribution < -0.4 is 0 Å². The van der Waals surface area contributed by atoms with Gasteiger partial charge in [0.25, 0.3) is 0 Å². The maximum Gasteiger partial charge on any atom is 0.303 e. The molecule has 4 rings (SSSR count). The highest BCUT2D eigenvalue weighted by molar-refractivity contribution is 9.09. The minimum absolute atomic E-state index is 0.0917. The second-order valence-corrected chi connectivity index (χ2v) is 12.3. The molecule has 3 saturated carbocycles. The van der Waals surface area contributed by atoms with E-state index in [9.17, 15) is 24.6 Å². The Labute approximate surface area is 201 Å². The topological polar surface area (TPSA) is 101 Å². The van der Waals surface area contributed by atoms with Gasteiger partial charge in [-0.3, -0.25) is 14.4 Å². The van der Waals surface area contributed by atoms with Gasteiger partial charge in [0, 0.05) is 22.6 Å². The predicted molar refractivity (Wildman–Crippen MR) is 122 cm³/mol. The fourth-order valence-electron chi connectivity index (χ4n) is 7.36. The molecule has 0 aromatic rings. The molecule has 0 spiro atoms. The van der Waals surface area contributed by atoms with Crippen molar-refractivity contribution < 1.29 is 29.3 Å². The van der Waals surface area contributed by atoms with Gasteiger partial charge >= 0.3 is 5.97 Å². The van der Waals surface area contributed by atoms with E-state index in [0.29, 0.717) is 12.8 Å². The number of fused-ring (bicyclic) bond motifs is 5. The van der Waals surface area contributed by atoms with Gasteiger partial charge in [0.05, 0.1) is 11.0 Å². The lowest BCUT2D eigenvalue weighted by Crippen LogP contribution is -2.71. The highest BCUT2D eigenvalue weighted by Crippen LogP contribution is 2.72. The molecular formula is C24H30BrClO6. The lowest BCUT2D eigenvalue weighted by Gasteiger charge is -2.65. The highest BCUT2D eigenvalue weighted by atomic mass is 79.9. The van der Waals surface area contributed by atoms with E-state index < -0.39 is 51.7 Å². The molecule has 176 valence electrons. The number of ether oxygens (including phenoxy) is 1. The molecule has 0 bridgehead atoms. The van der Waals surface area contributed by atoms with Gasteiger partial charge in [-0.05, 0) is 49.2 Å². The Bertz CT molecular complexity index is 947. The average Bonchev–Trinajstić information content (AvgIpc) is 2.89. The number of Topliss-reactive ketones (excluding diaryl/α,β-unsaturated/α-hetero) is 1. The summed E-state index contributed by atoms with van der Waals surface area (Å²) in [5.41, 5.74) is -2.56. The van der Waals surface area contributed by atoms with Crippen LogP contribution in [0.25, 0.3) is 0 Å². The van der Waals surface area contributed by atoms with E-state index in [1.165, 1.54) is 13.0 Å². The van der Waals surface area contributed by atoms with Crippen molar-refractivity contribution in [3.05, 3.63) is 23.8 Å². The maximum absolute atomic E-state index is 13.2. The largest absolute Gasteiger partial charge is 0.458 e. The Morgan fingerprint density at radius 3 is 2.62 bits per heavy atom. The first-order chi connectivity index (χ1) is 14.7. The summed E-state index contributed by atoms with van der Waals surface area (Å²) in [7, 11) is 0. The van der Waals surface area contributed by atoms with Gasteiger partial charge in [0.2, 0.25) is 5.78 Å². The second kappa shape index (κ2) is 7.49. The fourth-order valence-corrected chi connectivity index (χ4v) is 9.21. The molecule has 0 heterocycles. The van der Waals surface area contributed by atoms with Gasteiger partial charge in [-0.2, -0.15) is 0 Å². The Balaban J connectivity index is 1.80. The van der Waals surface area contributed by atoms with Crippen LogP contribution in [0.4, 0.5) is 0 Å². The summed E-state index contributed by atoms with van der Waals surface area (Å²) >= 11 is 11.2. The molecule has 6 nitrogen and oxygen atoms in total. The number of hydrogen-bond acceptors (Lipinski definition) is 6. The quantitative estimate of drug-likeness (QED) is 0.430. The van der Waals surface area contributed by atoms with Crippen molar-refractivity contribution in [1.82, 2.24) is 0 Å². The molecule has 9 atom stereocenters. The van der Waals surface area contributed by atoms with Crippen LogP contribution in [0.5, 0.6) is 0 Å². The Morgan fingerprint density at radius 2 is 2.00 bits per heavy atom. The van der Waals surface area contributed by atoms with Crippen LogP contribution in [0.1, 0.15) is 47.0 Å². The first-order valence-corrected chi connectivity index (χ1v) is 12.4. The average molecular weight is 530 g/mol. The molecule has 0 aromatic heterocycles. The summed E-state index contributed by atoms with van der Waals surface area (Å²) in [6, 6.07) is 0. The van der Waals surface area contributed by atoms with Gasteiger partial charge in [-0.1, -0.05) is 48.4 Å². The van der Waals surface area contributed by atoms with Gasteiger partial charge in [0.15, 0.2) is 12.4 Å². The third kappa shape index (κ3) is 2.87. The van der Waals surface area contributed by atoms with E-state index in [-0.39, 0.29) is 28.9 Å². The lowest BCUT2D eigenvalue weighted by molar-refractivity contribution is -0.181. The van der Waals surface area contributed by atoms with Crippen LogP contribution in [0.15, 0.2) is 23.8 Å². The molecule has 8 heteroatoms. The summed E-state index contributed by atoms with van der Waals surface area (Å²) in [5, 5.41) is 23.4. The molecule has 0 aromatic carbocycles. The van der Waals surface area contributed by atoms with E-state index in [0.717, 1.165) is 5.57 Å². The summed E-state index contributed by atoms with van der Waals surface area (Å²) < 4.78 is 4.93. The molecule has 4 aliphatic carbocycles. The van der Waals surface area contributed by atoms with E-state index in [1.807, 2.05) is 26.8 Å². The van der Waals surface area contributed by atoms with Crippen LogP contribution >= 0.6 is 27.5 Å². The van der Waals surface area contributed by atoms with Crippen molar-refractivity contribution in [1.29, 1.82) is 0 Å². The minimum atomic E-state index is -1.76. The van der Waals surface area contributed by atoms with E-state index in [2.05, 4.69) is 15.9 Å². The zero-order valence-corrected chi connectivity index (χ0v) is 21.1. The number of rotatable bonds is 3. The first kappa shape index (κ1) is 24.1. The van der Waals surface area contributed by atoms with Crippen molar-refractivity contribution in [2.24, 2.45) is 28.6 Å². The monoisotopic (exact) mass is 528 g/mol. The first-order valence-electron chi connectivity index (χ1n) is 11.1. The van der Waals surface area contributed by atoms with Crippen LogP contribution in [0.2, 0.25) is 0 Å². The van der Waals surface area contributed by atoms with Gasteiger partial charge in [0.1, 0.15) is 5.60 Å². The van der Waals surface area contributed by atoms with Crippen LogP contribution in [-0.2, 0) is 19.1 Å². The summed E-state index contributed by atoms with van der Waals surface area (Å²) in [5.74, 6) is -2.06. The van der Waals surface area contributed by atoms with Crippen LogP contribution in [0.3, 0.4) is 0 Å². The zero-order chi connectivity index (χ0) is 23.9. The number of allylic oxidation sites excluding steroid dienone is 4. The van der Waals surface area contributed by atoms with E-state index in [1.54, 1.807) is 6.08 Å². The molecule has 0 radical (unpaired) electrons. The summed E-state index contributed by atoms with van der Waals surface area (Å²) in [4.78, 5) is 35.3. The number of halogens is 2. The van der Waals surface area contributed by atoms with Gasteiger partial charge in [-0.15, -0.1) is 11.6 Å². The summed E-state index contributed by atoms with van der Waals surface area (Å²) in [6.45, 7) is 6.36. The Hall–Kier alpha value is -1.02. The molecule has 0 unspecified atom stereocenters. The summed E-state index contributed by atoms with van der Waals surface area (Å²) in [6.07, 6.45) is 5.14. The van der Waals surface area contributed by atoms with Crippen molar-refractivity contribution in [2.45, 2.75) is 68.4 Å². The number of alkyl halides is 2. The molecule has 0 saturated heterocycles. The van der Waals surface area contributed by atoms with Crippen LogP contribution in [-0.4, -0.2) is 55.8 Å². The molecule has 3 fully saturated rings. The molecule has 2 N–H and O–H groups in total. The van der Waals surface area contributed by atoms with E-state index in [4.69, 9.17) is 16.3 Å².